The van der Waals surface area contributed by atoms with Crippen molar-refractivity contribution in [2.75, 3.05) is 19.4 Å². The second-order valence-corrected chi connectivity index (χ2v) is 8.84. The highest BCUT2D eigenvalue weighted by Gasteiger charge is 2.26. The van der Waals surface area contributed by atoms with Crippen LogP contribution in [-0.4, -0.2) is 45.1 Å². The third kappa shape index (κ3) is 5.00. The minimum absolute atomic E-state index is 0.00885. The lowest BCUT2D eigenvalue weighted by Gasteiger charge is -2.19. The van der Waals surface area contributed by atoms with Gasteiger partial charge < -0.3 is 29.3 Å². The number of rotatable bonds is 8. The Balaban J connectivity index is 1.53. The molecule has 10 heteroatoms. The van der Waals surface area contributed by atoms with E-state index < -0.39 is 17.1 Å². The first-order valence-corrected chi connectivity index (χ1v) is 11.5. The van der Waals surface area contributed by atoms with Crippen LogP contribution < -0.4 is 15.5 Å². The Morgan fingerprint density at radius 3 is 2.94 bits per heavy atom. The summed E-state index contributed by atoms with van der Waals surface area (Å²) in [6.07, 6.45) is 2.52. The number of phenolic OH excluding ortho intramolecular Hbond substituents is 1. The van der Waals surface area contributed by atoms with Gasteiger partial charge in [-0.1, -0.05) is 17.8 Å². The Bertz CT molecular complexity index is 1210. The van der Waals surface area contributed by atoms with Gasteiger partial charge in [-0.2, -0.15) is 0 Å². The van der Waals surface area contributed by atoms with Crippen LogP contribution in [0.1, 0.15) is 35.1 Å². The maximum atomic E-state index is 12.8. The number of amides is 1. The zero-order chi connectivity index (χ0) is 23.5. The SMILES string of the molecule is COc1cc(C(CC(=O)NCCc2cn3c(n2)SCC3)c2oc(C)cc(=O)c2O)ccc1O. The van der Waals surface area contributed by atoms with E-state index in [2.05, 4.69) is 14.9 Å². The molecular formula is C23H25N3O6S. The molecular weight excluding hydrogens is 446 g/mol. The van der Waals surface area contributed by atoms with E-state index in [9.17, 15) is 19.8 Å². The Labute approximate surface area is 194 Å². The Morgan fingerprint density at radius 1 is 1.36 bits per heavy atom. The van der Waals surface area contributed by atoms with E-state index in [4.69, 9.17) is 9.15 Å². The van der Waals surface area contributed by atoms with Gasteiger partial charge in [-0.15, -0.1) is 0 Å². The van der Waals surface area contributed by atoms with Gasteiger partial charge in [0.25, 0.3) is 0 Å². The number of aromatic nitrogens is 2. The van der Waals surface area contributed by atoms with Gasteiger partial charge in [0.05, 0.1) is 18.7 Å². The van der Waals surface area contributed by atoms with Crippen molar-refractivity contribution in [2.45, 2.75) is 37.4 Å². The summed E-state index contributed by atoms with van der Waals surface area (Å²) in [4.78, 5) is 29.5. The fourth-order valence-electron chi connectivity index (χ4n) is 3.80. The molecule has 1 aliphatic rings. The van der Waals surface area contributed by atoms with Gasteiger partial charge in [0.15, 0.2) is 22.4 Å². The molecule has 33 heavy (non-hydrogen) atoms. The molecule has 4 rings (SSSR count). The van der Waals surface area contributed by atoms with Gasteiger partial charge in [-0.25, -0.2) is 4.98 Å². The van der Waals surface area contributed by atoms with Crippen LogP contribution in [0.25, 0.3) is 0 Å². The maximum absolute atomic E-state index is 12.8. The van der Waals surface area contributed by atoms with E-state index in [1.807, 2.05) is 6.20 Å². The number of benzene rings is 1. The molecule has 1 atom stereocenters. The number of aromatic hydroxyl groups is 2. The van der Waals surface area contributed by atoms with Crippen molar-refractivity contribution < 1.29 is 24.2 Å². The third-order valence-corrected chi connectivity index (χ3v) is 6.41. The Hall–Kier alpha value is -3.40. The molecule has 0 aliphatic carbocycles. The molecule has 174 valence electrons. The second-order valence-electron chi connectivity index (χ2n) is 7.78. The van der Waals surface area contributed by atoms with Crippen LogP contribution in [0.3, 0.4) is 0 Å². The van der Waals surface area contributed by atoms with Crippen LogP contribution >= 0.6 is 11.8 Å². The van der Waals surface area contributed by atoms with Gasteiger partial charge >= 0.3 is 0 Å². The fraction of sp³-hybridized carbons (Fsp3) is 0.348. The number of methoxy groups -OCH3 is 1. The quantitative estimate of drug-likeness (QED) is 0.458. The summed E-state index contributed by atoms with van der Waals surface area (Å²) in [5.41, 5.74) is 0.877. The average molecular weight is 472 g/mol. The van der Waals surface area contributed by atoms with Crippen LogP contribution in [0.5, 0.6) is 17.2 Å². The molecule has 0 radical (unpaired) electrons. The van der Waals surface area contributed by atoms with Crippen LogP contribution in [-0.2, 0) is 17.8 Å². The number of aryl methyl sites for hydroxylation is 2. The van der Waals surface area contributed by atoms with E-state index in [1.165, 1.54) is 19.2 Å². The van der Waals surface area contributed by atoms with Crippen molar-refractivity contribution >= 4 is 17.7 Å². The van der Waals surface area contributed by atoms with Crippen LogP contribution in [0, 0.1) is 6.92 Å². The van der Waals surface area contributed by atoms with Gasteiger partial charge in [0.1, 0.15) is 5.76 Å². The number of nitrogens with zero attached hydrogens (tertiary/aromatic N) is 2. The predicted molar refractivity (Wildman–Crippen MR) is 122 cm³/mol. The number of hydrogen-bond donors (Lipinski definition) is 3. The highest BCUT2D eigenvalue weighted by Crippen LogP contribution is 2.37. The molecule has 0 saturated heterocycles. The van der Waals surface area contributed by atoms with Crippen molar-refractivity contribution in [3.8, 4) is 17.2 Å². The third-order valence-electron chi connectivity index (χ3n) is 5.44. The van der Waals surface area contributed by atoms with Crippen LogP contribution in [0.2, 0.25) is 0 Å². The van der Waals surface area contributed by atoms with Crippen molar-refractivity contribution in [1.82, 2.24) is 14.9 Å². The minimum Gasteiger partial charge on any atom is -0.504 e. The number of imidazole rings is 1. The lowest BCUT2D eigenvalue weighted by Crippen LogP contribution is -2.27. The standard InChI is InChI=1S/C23H25N3O6S/c1-13-9-18(28)21(30)22(32-13)16(14-3-4-17(27)19(10-14)31-2)11-20(29)24-6-5-15-12-26-7-8-33-23(26)25-15/h3-4,9-10,12,16,27,30H,5-8,11H2,1-2H3,(H,24,29). The van der Waals surface area contributed by atoms with E-state index >= 15 is 0 Å². The molecule has 9 nitrogen and oxygen atoms in total. The first kappa shape index (κ1) is 22.8. The predicted octanol–water partition coefficient (Wildman–Crippen LogP) is 2.55. The minimum atomic E-state index is -0.764. The molecule has 3 heterocycles. The lowest BCUT2D eigenvalue weighted by molar-refractivity contribution is -0.121. The normalized spacial score (nSPS) is 13.5. The zero-order valence-corrected chi connectivity index (χ0v) is 19.1. The fourth-order valence-corrected chi connectivity index (χ4v) is 4.77. The molecule has 0 spiro atoms. The van der Waals surface area contributed by atoms with E-state index in [1.54, 1.807) is 30.8 Å². The number of nitrogens with one attached hydrogen (secondary N) is 1. The summed E-state index contributed by atoms with van der Waals surface area (Å²) < 4.78 is 13.0. The van der Waals surface area contributed by atoms with Gasteiger partial charge in [0, 0.05) is 43.9 Å². The average Bonchev–Trinajstić information content (AvgIpc) is 3.37. The molecule has 2 aromatic heterocycles. The van der Waals surface area contributed by atoms with Gasteiger partial charge in [0.2, 0.25) is 17.1 Å². The molecule has 1 aliphatic heterocycles. The summed E-state index contributed by atoms with van der Waals surface area (Å²) in [5, 5.41) is 24.2. The molecule has 0 saturated carbocycles. The molecule has 1 amide bonds. The van der Waals surface area contributed by atoms with Crippen LogP contribution in [0.15, 0.2) is 44.8 Å². The summed E-state index contributed by atoms with van der Waals surface area (Å²) >= 11 is 1.72. The molecule has 3 aromatic rings. The number of carbonyl (C=O) groups is 1. The van der Waals surface area contributed by atoms with E-state index in [-0.39, 0.29) is 29.6 Å². The highest BCUT2D eigenvalue weighted by molar-refractivity contribution is 7.99. The summed E-state index contributed by atoms with van der Waals surface area (Å²) in [6, 6.07) is 5.77. The maximum Gasteiger partial charge on any atom is 0.227 e. The first-order valence-electron chi connectivity index (χ1n) is 10.5. The second kappa shape index (κ2) is 9.62. The lowest BCUT2D eigenvalue weighted by atomic mass is 9.91. The molecule has 1 aromatic carbocycles. The van der Waals surface area contributed by atoms with Crippen LogP contribution in [0.4, 0.5) is 0 Å². The zero-order valence-electron chi connectivity index (χ0n) is 18.3. The van der Waals surface area contributed by atoms with Gasteiger partial charge in [-0.3, -0.25) is 9.59 Å². The summed E-state index contributed by atoms with van der Waals surface area (Å²) in [5.74, 6) is -0.111. The molecule has 1 unspecified atom stereocenters. The topological polar surface area (TPSA) is 127 Å². The van der Waals surface area contributed by atoms with Crippen molar-refractivity contribution in [3.05, 3.63) is 63.5 Å². The first-order chi connectivity index (χ1) is 15.9. The highest BCUT2D eigenvalue weighted by atomic mass is 32.2. The molecule has 3 N–H and O–H groups in total. The monoisotopic (exact) mass is 471 g/mol. The number of ether oxygens (including phenoxy) is 1. The number of thioether (sulfide) groups is 1. The summed E-state index contributed by atoms with van der Waals surface area (Å²) in [7, 11) is 1.41. The Morgan fingerprint density at radius 2 is 2.18 bits per heavy atom. The molecule has 0 bridgehead atoms. The van der Waals surface area contributed by atoms with Crippen molar-refractivity contribution in [2.24, 2.45) is 0 Å². The van der Waals surface area contributed by atoms with Crippen molar-refractivity contribution in [3.63, 3.8) is 0 Å². The smallest absolute Gasteiger partial charge is 0.227 e. The van der Waals surface area contributed by atoms with E-state index in [0.29, 0.717) is 24.3 Å². The Kier molecular flexibility index (Phi) is 6.64. The number of phenols is 1. The number of hydrogen-bond acceptors (Lipinski definition) is 8. The van der Waals surface area contributed by atoms with Crippen molar-refractivity contribution in [1.29, 1.82) is 0 Å². The molecule has 0 fully saturated rings. The van der Waals surface area contributed by atoms with Gasteiger partial charge in [-0.05, 0) is 24.6 Å². The number of fused-ring (bicyclic) bond motifs is 1. The van der Waals surface area contributed by atoms with E-state index in [0.717, 1.165) is 23.1 Å². The largest absolute Gasteiger partial charge is 0.504 e. The number of carbonyl (C=O) groups excluding carboxylic acids is 1. The summed E-state index contributed by atoms with van der Waals surface area (Å²) in [6.45, 7) is 2.94.